The number of carbonyl (C=O) groups excluding carboxylic acids is 2. The lowest BCUT2D eigenvalue weighted by atomic mass is 10.2. The molecule has 0 heterocycles. The molecule has 0 aliphatic carbocycles. The summed E-state index contributed by atoms with van der Waals surface area (Å²) in [5.74, 6) is -0.265. The zero-order valence-corrected chi connectivity index (χ0v) is 8.25. The lowest BCUT2D eigenvalue weighted by Crippen LogP contribution is -2.08. The molecule has 76 valence electrons. The van der Waals surface area contributed by atoms with E-state index in [2.05, 4.69) is 4.74 Å². The van der Waals surface area contributed by atoms with Crippen LogP contribution in [0.4, 0.5) is 0 Å². The molecule has 0 saturated heterocycles. The normalized spacial score (nSPS) is 12.2. The van der Waals surface area contributed by atoms with Gasteiger partial charge in [-0.3, -0.25) is 4.79 Å². The maximum Gasteiger partial charge on any atom is 0.305 e. The Morgan fingerprint density at radius 2 is 2.31 bits per heavy atom. The Morgan fingerprint density at radius 3 is 2.85 bits per heavy atom. The topological polar surface area (TPSA) is 52.6 Å². The van der Waals surface area contributed by atoms with Crippen molar-refractivity contribution in [2.24, 2.45) is 0 Å². The number of esters is 1. The summed E-state index contributed by atoms with van der Waals surface area (Å²) in [5, 5.41) is 0. The predicted molar refractivity (Wildman–Crippen MR) is 47.5 cm³/mol. The van der Waals surface area contributed by atoms with E-state index in [-0.39, 0.29) is 12.6 Å². The van der Waals surface area contributed by atoms with Crippen LogP contribution in [-0.2, 0) is 19.1 Å². The smallest absolute Gasteiger partial charge is 0.305 e. The summed E-state index contributed by atoms with van der Waals surface area (Å²) in [6, 6.07) is 0. The summed E-state index contributed by atoms with van der Waals surface area (Å²) in [5.41, 5.74) is -0.505. The number of hydrogen-bond donors (Lipinski definition) is 0. The number of carbonyl (C=O) groups is 2. The fourth-order valence-corrected chi connectivity index (χ4v) is 0.963. The lowest BCUT2D eigenvalue weighted by Gasteiger charge is -2.07. The molecule has 0 fully saturated rings. The van der Waals surface area contributed by atoms with Gasteiger partial charge in [-0.2, -0.15) is 0 Å². The van der Waals surface area contributed by atoms with E-state index in [1.807, 2.05) is 0 Å². The summed E-state index contributed by atoms with van der Waals surface area (Å²) < 4.78 is 9.29. The summed E-state index contributed by atoms with van der Waals surface area (Å²) >= 11 is 5.65. The van der Waals surface area contributed by atoms with E-state index in [1.54, 1.807) is 0 Å². The Labute approximate surface area is 82.1 Å². The number of rotatable bonds is 7. The summed E-state index contributed by atoms with van der Waals surface area (Å²) in [6.07, 6.45) is 2.09. The van der Waals surface area contributed by atoms with Crippen LogP contribution in [0, 0.1) is 0 Å². The number of aldehydes is 1. The minimum Gasteiger partial charge on any atom is -0.469 e. The van der Waals surface area contributed by atoms with Crippen molar-refractivity contribution in [3.63, 3.8) is 0 Å². The Kier molecular flexibility index (Phi) is 7.63. The second-order valence-electron chi connectivity index (χ2n) is 2.38. The number of hydrogen-bond acceptors (Lipinski definition) is 4. The summed E-state index contributed by atoms with van der Waals surface area (Å²) in [7, 11) is 1.34. The molecule has 1 unspecified atom stereocenters. The van der Waals surface area contributed by atoms with Gasteiger partial charge in [0.25, 0.3) is 0 Å². The lowest BCUT2D eigenvalue weighted by molar-refractivity contribution is -0.140. The molecule has 0 aliphatic rings. The van der Waals surface area contributed by atoms with Crippen LogP contribution in [0.2, 0.25) is 0 Å². The molecule has 0 rings (SSSR count). The highest BCUT2D eigenvalue weighted by molar-refractivity contribution is 6.19. The third-order valence-corrected chi connectivity index (χ3v) is 1.73. The summed E-state index contributed by atoms with van der Waals surface area (Å²) in [4.78, 5) is 20.5. The fraction of sp³-hybridized carbons (Fsp3) is 0.750. The van der Waals surface area contributed by atoms with Crippen molar-refractivity contribution in [1.82, 2.24) is 0 Å². The SMILES string of the molecule is COC(=O)CCCC(Cl)OCC=O. The molecule has 1 atom stereocenters. The molecule has 13 heavy (non-hydrogen) atoms. The third-order valence-electron chi connectivity index (χ3n) is 1.38. The standard InChI is InChI=1S/C8H13ClO4/c1-12-8(11)4-2-3-7(9)13-6-5-10/h5,7H,2-4,6H2,1H3. The van der Waals surface area contributed by atoms with Crippen LogP contribution in [0.1, 0.15) is 19.3 Å². The Hall–Kier alpha value is -0.610. The van der Waals surface area contributed by atoms with Gasteiger partial charge in [-0.25, -0.2) is 0 Å². The molecule has 0 saturated carbocycles. The molecule has 4 nitrogen and oxygen atoms in total. The van der Waals surface area contributed by atoms with Crippen molar-refractivity contribution in [1.29, 1.82) is 0 Å². The molecular formula is C8H13ClO4. The van der Waals surface area contributed by atoms with Gasteiger partial charge in [0.2, 0.25) is 0 Å². The van der Waals surface area contributed by atoms with E-state index in [4.69, 9.17) is 16.3 Å². The fourth-order valence-electron chi connectivity index (χ4n) is 0.736. The van der Waals surface area contributed by atoms with Crippen molar-refractivity contribution in [2.75, 3.05) is 13.7 Å². The van der Waals surface area contributed by atoms with Crippen LogP contribution in [0.25, 0.3) is 0 Å². The molecule has 0 aromatic rings. The molecular weight excluding hydrogens is 196 g/mol. The first-order valence-electron chi connectivity index (χ1n) is 3.96. The first kappa shape index (κ1) is 12.4. The first-order chi connectivity index (χ1) is 6.20. The minimum absolute atomic E-state index is 0.00755. The van der Waals surface area contributed by atoms with Crippen LogP contribution in [0.5, 0.6) is 0 Å². The van der Waals surface area contributed by atoms with E-state index in [0.29, 0.717) is 25.5 Å². The van der Waals surface area contributed by atoms with E-state index in [0.717, 1.165) is 0 Å². The van der Waals surface area contributed by atoms with Crippen molar-refractivity contribution in [2.45, 2.75) is 24.8 Å². The minimum atomic E-state index is -0.505. The van der Waals surface area contributed by atoms with Crippen LogP contribution in [0.15, 0.2) is 0 Å². The number of methoxy groups -OCH3 is 1. The number of halogens is 1. The second-order valence-corrected chi connectivity index (χ2v) is 2.87. The second kappa shape index (κ2) is 8.01. The van der Waals surface area contributed by atoms with Crippen molar-refractivity contribution in [3.8, 4) is 0 Å². The van der Waals surface area contributed by atoms with Crippen molar-refractivity contribution < 1.29 is 19.1 Å². The van der Waals surface area contributed by atoms with Gasteiger partial charge in [-0.05, 0) is 12.8 Å². The molecule has 0 N–H and O–H groups in total. The average molecular weight is 209 g/mol. The van der Waals surface area contributed by atoms with E-state index in [1.165, 1.54) is 7.11 Å². The van der Waals surface area contributed by atoms with Gasteiger partial charge in [0.15, 0.2) is 0 Å². The highest BCUT2D eigenvalue weighted by Gasteiger charge is 2.06. The monoisotopic (exact) mass is 208 g/mol. The molecule has 5 heteroatoms. The van der Waals surface area contributed by atoms with Crippen LogP contribution in [-0.4, -0.2) is 31.5 Å². The highest BCUT2D eigenvalue weighted by Crippen LogP contribution is 2.08. The zero-order chi connectivity index (χ0) is 10.1. The molecule has 0 spiro atoms. The molecule has 0 aromatic heterocycles. The highest BCUT2D eigenvalue weighted by atomic mass is 35.5. The number of ether oxygens (including phenoxy) is 2. The largest absolute Gasteiger partial charge is 0.469 e. The predicted octanol–water partition coefficient (Wildman–Crippen LogP) is 1.11. The van der Waals surface area contributed by atoms with Crippen LogP contribution in [0.3, 0.4) is 0 Å². The van der Waals surface area contributed by atoms with Crippen LogP contribution >= 0.6 is 11.6 Å². The summed E-state index contributed by atoms with van der Waals surface area (Å²) in [6.45, 7) is -0.00755. The number of alkyl halides is 1. The molecule has 0 aromatic carbocycles. The van der Waals surface area contributed by atoms with Crippen LogP contribution < -0.4 is 0 Å². The first-order valence-corrected chi connectivity index (χ1v) is 4.40. The van der Waals surface area contributed by atoms with Gasteiger partial charge in [-0.1, -0.05) is 11.6 Å². The molecule has 0 bridgehead atoms. The van der Waals surface area contributed by atoms with Gasteiger partial charge in [-0.15, -0.1) is 0 Å². The van der Waals surface area contributed by atoms with Crippen molar-refractivity contribution in [3.05, 3.63) is 0 Å². The van der Waals surface area contributed by atoms with Gasteiger partial charge in [0.1, 0.15) is 18.5 Å². The van der Waals surface area contributed by atoms with Gasteiger partial charge >= 0.3 is 5.97 Å². The van der Waals surface area contributed by atoms with E-state index >= 15 is 0 Å². The Balaban J connectivity index is 3.30. The average Bonchev–Trinajstić information content (AvgIpc) is 2.14. The maximum atomic E-state index is 10.6. The molecule has 0 radical (unpaired) electrons. The maximum absolute atomic E-state index is 10.6. The quantitative estimate of drug-likeness (QED) is 0.357. The van der Waals surface area contributed by atoms with Gasteiger partial charge in [0.05, 0.1) is 7.11 Å². The van der Waals surface area contributed by atoms with Gasteiger partial charge < -0.3 is 14.3 Å². The van der Waals surface area contributed by atoms with E-state index in [9.17, 15) is 9.59 Å². The molecule has 0 aliphatic heterocycles. The molecule has 0 amide bonds. The van der Waals surface area contributed by atoms with Crippen molar-refractivity contribution >= 4 is 23.9 Å². The van der Waals surface area contributed by atoms with E-state index < -0.39 is 5.56 Å². The van der Waals surface area contributed by atoms with Gasteiger partial charge in [0, 0.05) is 6.42 Å². The Morgan fingerprint density at radius 1 is 1.62 bits per heavy atom. The Bertz CT molecular complexity index is 160. The zero-order valence-electron chi connectivity index (χ0n) is 7.49. The third kappa shape index (κ3) is 7.74.